The molecular formula is C22H24N6O2S. The summed E-state index contributed by atoms with van der Waals surface area (Å²) < 4.78 is 7.43. The minimum Gasteiger partial charge on any atom is -0.381 e. The van der Waals surface area contributed by atoms with E-state index in [1.54, 1.807) is 0 Å². The molecule has 1 amide bonds. The van der Waals surface area contributed by atoms with E-state index in [9.17, 15) is 4.79 Å². The molecule has 31 heavy (non-hydrogen) atoms. The fraction of sp³-hybridized carbons (Fsp3) is 0.364. The topological polar surface area (TPSA) is 85.2 Å². The monoisotopic (exact) mass is 436 g/mol. The van der Waals surface area contributed by atoms with Crippen molar-refractivity contribution >= 4 is 38.5 Å². The van der Waals surface area contributed by atoms with Gasteiger partial charge in [-0.1, -0.05) is 29.5 Å². The van der Waals surface area contributed by atoms with Crippen LogP contribution in [0.25, 0.3) is 27.1 Å². The summed E-state index contributed by atoms with van der Waals surface area (Å²) in [4.78, 5) is 29.2. The number of rotatable bonds is 5. The first-order valence-corrected chi connectivity index (χ1v) is 11.2. The second-order valence-corrected chi connectivity index (χ2v) is 8.99. The summed E-state index contributed by atoms with van der Waals surface area (Å²) in [6, 6.07) is 8.39. The number of fused-ring (bicyclic) bond motifs is 2. The number of thiazole rings is 1. The molecule has 4 heterocycles. The lowest BCUT2D eigenvalue weighted by molar-refractivity contribution is 0.0696. The molecule has 8 nitrogen and oxygen atoms in total. The molecule has 4 aromatic rings. The van der Waals surface area contributed by atoms with Crippen molar-refractivity contribution in [3.63, 3.8) is 0 Å². The molecule has 5 rings (SSSR count). The Morgan fingerprint density at radius 2 is 2.06 bits per heavy atom. The fourth-order valence-corrected chi connectivity index (χ4v) is 4.80. The van der Waals surface area contributed by atoms with Crippen molar-refractivity contribution in [2.45, 2.75) is 25.4 Å². The second kappa shape index (κ2) is 8.33. The molecule has 1 aliphatic rings. The van der Waals surface area contributed by atoms with Crippen LogP contribution in [0.5, 0.6) is 0 Å². The van der Waals surface area contributed by atoms with Gasteiger partial charge in [0.2, 0.25) is 0 Å². The van der Waals surface area contributed by atoms with E-state index < -0.39 is 0 Å². The zero-order valence-corrected chi connectivity index (χ0v) is 18.4. The van der Waals surface area contributed by atoms with Crippen molar-refractivity contribution < 1.29 is 9.53 Å². The van der Waals surface area contributed by atoms with Gasteiger partial charge in [-0.15, -0.1) is 0 Å². The van der Waals surface area contributed by atoms with Gasteiger partial charge in [-0.2, -0.15) is 0 Å². The van der Waals surface area contributed by atoms with Gasteiger partial charge in [0.1, 0.15) is 16.7 Å². The normalized spacial score (nSPS) is 15.2. The first-order valence-electron chi connectivity index (χ1n) is 10.3. The highest BCUT2D eigenvalue weighted by molar-refractivity contribution is 7.19. The summed E-state index contributed by atoms with van der Waals surface area (Å²) in [5, 5.41) is 4.67. The average Bonchev–Trinajstić information content (AvgIpc) is 3.36. The zero-order valence-electron chi connectivity index (χ0n) is 17.5. The summed E-state index contributed by atoms with van der Waals surface area (Å²) in [5.41, 5.74) is 2.91. The van der Waals surface area contributed by atoms with Crippen LogP contribution in [0.15, 0.2) is 36.8 Å². The van der Waals surface area contributed by atoms with Crippen LogP contribution >= 0.6 is 11.3 Å². The maximum absolute atomic E-state index is 12.8. The van der Waals surface area contributed by atoms with Crippen LogP contribution in [0.4, 0.5) is 0 Å². The number of ether oxygens (including phenoxy) is 1. The number of carbonyl (C=O) groups is 1. The van der Waals surface area contributed by atoms with Crippen LogP contribution < -0.4 is 5.32 Å². The van der Waals surface area contributed by atoms with Gasteiger partial charge in [0.25, 0.3) is 5.91 Å². The molecule has 1 N–H and O–H groups in total. The summed E-state index contributed by atoms with van der Waals surface area (Å²) in [6.07, 6.45) is 5.29. The molecule has 0 saturated carbocycles. The van der Waals surface area contributed by atoms with Crippen molar-refractivity contribution in [2.75, 3.05) is 27.3 Å². The van der Waals surface area contributed by atoms with Crippen LogP contribution in [0.3, 0.4) is 0 Å². The van der Waals surface area contributed by atoms with Crippen molar-refractivity contribution in [2.24, 2.45) is 0 Å². The van der Waals surface area contributed by atoms with E-state index in [1.807, 2.05) is 12.1 Å². The predicted molar refractivity (Wildman–Crippen MR) is 121 cm³/mol. The van der Waals surface area contributed by atoms with Crippen molar-refractivity contribution in [1.29, 1.82) is 0 Å². The largest absolute Gasteiger partial charge is 0.381 e. The van der Waals surface area contributed by atoms with Crippen LogP contribution in [0, 0.1) is 0 Å². The third kappa shape index (κ3) is 3.91. The number of amides is 1. The molecule has 1 aromatic carbocycles. The van der Waals surface area contributed by atoms with Crippen molar-refractivity contribution in [1.82, 2.24) is 29.7 Å². The van der Waals surface area contributed by atoms with Crippen molar-refractivity contribution in [3.8, 4) is 5.82 Å². The molecule has 0 aliphatic carbocycles. The first-order chi connectivity index (χ1) is 15.1. The number of nitrogens with one attached hydrogen (secondary N) is 1. The fourth-order valence-electron chi connectivity index (χ4n) is 4.00. The summed E-state index contributed by atoms with van der Waals surface area (Å²) in [6.45, 7) is 2.17. The Hall–Kier alpha value is -2.88. The molecule has 0 unspecified atom stereocenters. The number of hydrogen-bond acceptors (Lipinski definition) is 7. The number of benzene rings is 1. The van der Waals surface area contributed by atoms with Crippen LogP contribution in [0.2, 0.25) is 0 Å². The van der Waals surface area contributed by atoms with Gasteiger partial charge in [0.15, 0.2) is 10.8 Å². The standard InChI is InChI=1S/C22H24N6O2S/c1-27(2)11-14-12-28(17-6-4-3-5-16(14)17)19-18-21(24-13-23-19)31-22(26-18)20(29)25-15-7-9-30-10-8-15/h3-6,12-13,15H,7-11H2,1-2H3,(H,25,29). The molecule has 1 saturated heterocycles. The third-order valence-corrected chi connectivity index (χ3v) is 6.40. The van der Waals surface area contributed by atoms with E-state index in [-0.39, 0.29) is 11.9 Å². The highest BCUT2D eigenvalue weighted by Gasteiger charge is 2.22. The number of aromatic nitrogens is 4. The Morgan fingerprint density at radius 3 is 2.87 bits per heavy atom. The summed E-state index contributed by atoms with van der Waals surface area (Å²) >= 11 is 1.30. The van der Waals surface area contributed by atoms with Gasteiger partial charge in [0, 0.05) is 37.4 Å². The second-order valence-electron chi connectivity index (χ2n) is 8.01. The van der Waals surface area contributed by atoms with Gasteiger partial charge < -0.3 is 15.0 Å². The highest BCUT2D eigenvalue weighted by atomic mass is 32.1. The number of hydrogen-bond donors (Lipinski definition) is 1. The van der Waals surface area contributed by atoms with Crippen LogP contribution in [0.1, 0.15) is 28.2 Å². The predicted octanol–water partition coefficient (Wildman–Crippen LogP) is 3.00. The molecule has 0 bridgehead atoms. The number of carbonyl (C=O) groups excluding carboxylic acids is 1. The quantitative estimate of drug-likeness (QED) is 0.518. The molecule has 0 radical (unpaired) electrons. The lowest BCUT2D eigenvalue weighted by Crippen LogP contribution is -2.38. The van der Waals surface area contributed by atoms with E-state index in [1.165, 1.54) is 28.6 Å². The lowest BCUT2D eigenvalue weighted by Gasteiger charge is -2.22. The van der Waals surface area contributed by atoms with E-state index in [0.717, 1.165) is 24.9 Å². The van der Waals surface area contributed by atoms with E-state index in [4.69, 9.17) is 4.74 Å². The van der Waals surface area contributed by atoms with Gasteiger partial charge in [0.05, 0.1) is 5.52 Å². The Labute approximate surface area is 183 Å². The maximum Gasteiger partial charge on any atom is 0.280 e. The van der Waals surface area contributed by atoms with E-state index in [0.29, 0.717) is 34.4 Å². The molecular weight excluding hydrogens is 412 g/mol. The Balaban J connectivity index is 1.55. The highest BCUT2D eigenvalue weighted by Crippen LogP contribution is 2.29. The Morgan fingerprint density at radius 1 is 1.26 bits per heavy atom. The molecule has 9 heteroatoms. The van der Waals surface area contributed by atoms with Gasteiger partial charge >= 0.3 is 0 Å². The van der Waals surface area contributed by atoms with Gasteiger partial charge in [-0.3, -0.25) is 9.36 Å². The van der Waals surface area contributed by atoms with Crippen LogP contribution in [-0.2, 0) is 11.3 Å². The Kier molecular flexibility index (Phi) is 5.39. The number of nitrogens with zero attached hydrogens (tertiary/aromatic N) is 5. The van der Waals surface area contributed by atoms with E-state index in [2.05, 4.69) is 62.2 Å². The van der Waals surface area contributed by atoms with E-state index >= 15 is 0 Å². The molecule has 0 atom stereocenters. The Bertz CT molecular complexity index is 1240. The SMILES string of the molecule is CN(C)Cc1cn(-c2ncnc3sc(C(=O)NC4CCOCC4)nc23)c2ccccc12. The minimum atomic E-state index is -0.161. The smallest absolute Gasteiger partial charge is 0.280 e. The molecule has 1 fully saturated rings. The molecule has 3 aromatic heterocycles. The van der Waals surface area contributed by atoms with Gasteiger partial charge in [-0.25, -0.2) is 15.0 Å². The number of para-hydroxylation sites is 1. The average molecular weight is 437 g/mol. The minimum absolute atomic E-state index is 0.126. The van der Waals surface area contributed by atoms with Crippen LogP contribution in [-0.4, -0.2) is 63.7 Å². The third-order valence-electron chi connectivity index (χ3n) is 5.44. The van der Waals surface area contributed by atoms with Gasteiger partial charge in [-0.05, 0) is 38.6 Å². The molecule has 0 spiro atoms. The zero-order chi connectivity index (χ0) is 21.4. The summed E-state index contributed by atoms with van der Waals surface area (Å²) in [7, 11) is 4.11. The maximum atomic E-state index is 12.8. The molecule has 160 valence electrons. The molecule has 1 aliphatic heterocycles. The first kappa shape index (κ1) is 20.0. The van der Waals surface area contributed by atoms with Crippen molar-refractivity contribution in [3.05, 3.63) is 47.4 Å². The lowest BCUT2D eigenvalue weighted by atomic mass is 10.1. The summed E-state index contributed by atoms with van der Waals surface area (Å²) in [5.74, 6) is 0.527.